The first-order valence-corrected chi connectivity index (χ1v) is 7.59. The molecule has 21 heavy (non-hydrogen) atoms. The summed E-state index contributed by atoms with van der Waals surface area (Å²) in [5, 5.41) is 17.2. The Morgan fingerprint density at radius 2 is 2.19 bits per heavy atom. The van der Waals surface area contributed by atoms with Crippen molar-refractivity contribution in [3.63, 3.8) is 0 Å². The molecule has 1 N–H and O–H groups in total. The van der Waals surface area contributed by atoms with Gasteiger partial charge in [-0.2, -0.15) is 9.57 Å². The van der Waals surface area contributed by atoms with Gasteiger partial charge in [0.15, 0.2) is 0 Å². The van der Waals surface area contributed by atoms with E-state index >= 15 is 0 Å². The summed E-state index contributed by atoms with van der Waals surface area (Å²) >= 11 is 0. The van der Waals surface area contributed by atoms with Gasteiger partial charge in [0.25, 0.3) is 0 Å². The van der Waals surface area contributed by atoms with Crippen LogP contribution in [0.3, 0.4) is 0 Å². The van der Waals surface area contributed by atoms with Gasteiger partial charge in [-0.25, -0.2) is 13.2 Å². The van der Waals surface area contributed by atoms with Crippen LogP contribution in [0, 0.1) is 11.3 Å². The number of carboxylic acids is 1. The molecule has 0 heterocycles. The van der Waals surface area contributed by atoms with Crippen molar-refractivity contribution in [3.05, 3.63) is 35.9 Å². The highest BCUT2D eigenvalue weighted by atomic mass is 32.2. The van der Waals surface area contributed by atoms with Crippen molar-refractivity contribution in [2.75, 3.05) is 7.05 Å². The SMILES string of the molecule is CC(CC#N)N(C)S(=O)(=O)c1cccc(C=CC(=O)O)c1. The zero-order valence-electron chi connectivity index (χ0n) is 11.7. The molecule has 0 aliphatic rings. The summed E-state index contributed by atoms with van der Waals surface area (Å²) in [5.74, 6) is -1.11. The van der Waals surface area contributed by atoms with E-state index in [1.54, 1.807) is 13.0 Å². The van der Waals surface area contributed by atoms with Crippen LogP contribution in [-0.2, 0) is 14.8 Å². The van der Waals surface area contributed by atoms with Crippen molar-refractivity contribution >= 4 is 22.1 Å². The maximum Gasteiger partial charge on any atom is 0.328 e. The smallest absolute Gasteiger partial charge is 0.328 e. The first kappa shape index (κ1) is 16.9. The second-order valence-corrected chi connectivity index (χ2v) is 6.47. The maximum absolute atomic E-state index is 12.4. The minimum absolute atomic E-state index is 0.0577. The van der Waals surface area contributed by atoms with Crippen molar-refractivity contribution in [1.82, 2.24) is 4.31 Å². The summed E-state index contributed by atoms with van der Waals surface area (Å²) in [6.45, 7) is 1.65. The largest absolute Gasteiger partial charge is 0.478 e. The second-order valence-electron chi connectivity index (χ2n) is 4.48. The average molecular weight is 308 g/mol. The number of carboxylic acid groups (broad SMARTS) is 1. The molecule has 1 rings (SSSR count). The molecule has 0 aliphatic heterocycles. The zero-order chi connectivity index (χ0) is 16.0. The number of nitrogens with zero attached hydrogens (tertiary/aromatic N) is 2. The molecular formula is C14H16N2O4S. The van der Waals surface area contributed by atoms with Crippen LogP contribution in [-0.4, -0.2) is 36.9 Å². The summed E-state index contributed by atoms with van der Waals surface area (Å²) in [6.07, 6.45) is 2.35. The lowest BCUT2D eigenvalue weighted by atomic mass is 10.2. The van der Waals surface area contributed by atoms with E-state index in [1.165, 1.54) is 31.3 Å². The van der Waals surface area contributed by atoms with Gasteiger partial charge in [0.05, 0.1) is 17.4 Å². The standard InChI is InChI=1S/C14H16N2O4S/c1-11(8-9-15)16(2)21(19,20)13-5-3-4-12(10-13)6-7-14(17)18/h3-7,10-11H,8H2,1-2H3,(H,17,18). The van der Waals surface area contributed by atoms with E-state index in [1.807, 2.05) is 6.07 Å². The van der Waals surface area contributed by atoms with E-state index in [-0.39, 0.29) is 11.3 Å². The number of aliphatic carboxylic acids is 1. The van der Waals surface area contributed by atoms with Crippen molar-refractivity contribution in [2.24, 2.45) is 0 Å². The molecule has 0 saturated heterocycles. The van der Waals surface area contributed by atoms with Crippen LogP contribution in [0.25, 0.3) is 6.08 Å². The predicted octanol–water partition coefficient (Wildman–Crippen LogP) is 1.71. The molecule has 0 amide bonds. The summed E-state index contributed by atoms with van der Waals surface area (Å²) < 4.78 is 26.0. The normalized spacial score (nSPS) is 13.2. The van der Waals surface area contributed by atoms with E-state index in [4.69, 9.17) is 10.4 Å². The molecule has 1 unspecified atom stereocenters. The third-order valence-electron chi connectivity index (χ3n) is 2.96. The number of hydrogen-bond donors (Lipinski definition) is 1. The van der Waals surface area contributed by atoms with E-state index in [9.17, 15) is 13.2 Å². The molecule has 0 bridgehead atoms. The van der Waals surface area contributed by atoms with Gasteiger partial charge in [-0.1, -0.05) is 12.1 Å². The third-order valence-corrected chi connectivity index (χ3v) is 4.93. The molecular weight excluding hydrogens is 292 g/mol. The second kappa shape index (κ2) is 7.02. The number of hydrogen-bond acceptors (Lipinski definition) is 4. The quantitative estimate of drug-likeness (QED) is 0.807. The lowest BCUT2D eigenvalue weighted by Gasteiger charge is -2.22. The van der Waals surface area contributed by atoms with E-state index in [0.717, 1.165) is 10.4 Å². The fourth-order valence-electron chi connectivity index (χ4n) is 1.61. The van der Waals surface area contributed by atoms with Crippen LogP contribution >= 0.6 is 0 Å². The maximum atomic E-state index is 12.4. The number of sulfonamides is 1. The highest BCUT2D eigenvalue weighted by Gasteiger charge is 2.25. The lowest BCUT2D eigenvalue weighted by molar-refractivity contribution is -0.131. The van der Waals surface area contributed by atoms with Crippen LogP contribution in [0.1, 0.15) is 18.9 Å². The molecule has 0 aromatic heterocycles. The van der Waals surface area contributed by atoms with Crippen LogP contribution in [0.4, 0.5) is 0 Å². The molecule has 1 aromatic rings. The Bertz CT molecular complexity index is 689. The van der Waals surface area contributed by atoms with Gasteiger partial charge in [-0.05, 0) is 30.7 Å². The Balaban J connectivity index is 3.12. The minimum Gasteiger partial charge on any atom is -0.478 e. The predicted molar refractivity (Wildman–Crippen MR) is 77.8 cm³/mol. The van der Waals surface area contributed by atoms with Gasteiger partial charge >= 0.3 is 5.97 Å². The Labute approximate surface area is 124 Å². The summed E-state index contributed by atoms with van der Waals surface area (Å²) in [4.78, 5) is 10.5. The van der Waals surface area contributed by atoms with Crippen molar-refractivity contribution in [1.29, 1.82) is 5.26 Å². The monoisotopic (exact) mass is 308 g/mol. The lowest BCUT2D eigenvalue weighted by Crippen LogP contribution is -2.34. The van der Waals surface area contributed by atoms with Crippen LogP contribution < -0.4 is 0 Å². The van der Waals surface area contributed by atoms with Crippen molar-refractivity contribution in [3.8, 4) is 6.07 Å². The van der Waals surface area contributed by atoms with Gasteiger partial charge in [-0.15, -0.1) is 0 Å². The van der Waals surface area contributed by atoms with Gasteiger partial charge in [-0.3, -0.25) is 0 Å². The molecule has 7 heteroatoms. The molecule has 6 nitrogen and oxygen atoms in total. The van der Waals surface area contributed by atoms with Gasteiger partial charge < -0.3 is 5.11 Å². The van der Waals surface area contributed by atoms with Gasteiger partial charge in [0.1, 0.15) is 0 Å². The highest BCUT2D eigenvalue weighted by Crippen LogP contribution is 2.19. The first-order chi connectivity index (χ1) is 9.78. The Morgan fingerprint density at radius 3 is 2.76 bits per heavy atom. The first-order valence-electron chi connectivity index (χ1n) is 6.15. The topological polar surface area (TPSA) is 98.5 Å². The van der Waals surface area contributed by atoms with Crippen LogP contribution in [0.5, 0.6) is 0 Å². The van der Waals surface area contributed by atoms with E-state index in [2.05, 4.69) is 0 Å². The van der Waals surface area contributed by atoms with Gasteiger partial charge in [0.2, 0.25) is 10.0 Å². The van der Waals surface area contributed by atoms with Crippen LogP contribution in [0.15, 0.2) is 35.2 Å². The Kier molecular flexibility index (Phi) is 5.64. The highest BCUT2D eigenvalue weighted by molar-refractivity contribution is 7.89. The summed E-state index contributed by atoms with van der Waals surface area (Å²) in [5.41, 5.74) is 0.472. The van der Waals surface area contributed by atoms with Crippen molar-refractivity contribution < 1.29 is 18.3 Å². The van der Waals surface area contributed by atoms with Crippen LogP contribution in [0.2, 0.25) is 0 Å². The zero-order valence-corrected chi connectivity index (χ0v) is 12.5. The molecule has 1 atom stereocenters. The van der Waals surface area contributed by atoms with Crippen molar-refractivity contribution in [2.45, 2.75) is 24.3 Å². The molecule has 112 valence electrons. The molecule has 0 saturated carbocycles. The van der Waals surface area contributed by atoms with Gasteiger partial charge in [0, 0.05) is 19.2 Å². The number of carbonyl (C=O) groups is 1. The molecule has 0 radical (unpaired) electrons. The fraction of sp³-hybridized carbons (Fsp3) is 0.286. The Morgan fingerprint density at radius 1 is 1.52 bits per heavy atom. The Hall–Kier alpha value is -2.17. The average Bonchev–Trinajstić information content (AvgIpc) is 2.44. The molecule has 0 aliphatic carbocycles. The summed E-state index contributed by atoms with van der Waals surface area (Å²) in [7, 11) is -2.31. The van der Waals surface area contributed by atoms with E-state index in [0.29, 0.717) is 5.56 Å². The molecule has 0 spiro atoms. The number of benzene rings is 1. The molecule has 0 fully saturated rings. The van der Waals surface area contributed by atoms with E-state index < -0.39 is 22.0 Å². The number of rotatable bonds is 6. The summed E-state index contributed by atoms with van der Waals surface area (Å²) in [6, 6.07) is 7.46. The third kappa shape index (κ3) is 4.41. The fourth-order valence-corrected chi connectivity index (χ4v) is 3.03. The minimum atomic E-state index is -3.72. The molecule has 1 aromatic carbocycles. The number of nitriles is 1.